The van der Waals surface area contributed by atoms with Gasteiger partial charge in [0.2, 0.25) is 0 Å². The van der Waals surface area contributed by atoms with E-state index in [1.807, 2.05) is 51.2 Å². The second-order valence-corrected chi connectivity index (χ2v) is 3.68. The van der Waals surface area contributed by atoms with E-state index in [0.29, 0.717) is 0 Å². The number of carbonyl (C=O) groups excluding carboxylic acids is 1. The first kappa shape index (κ1) is 15.4. The zero-order valence-electron chi connectivity index (χ0n) is 11.3. The normalized spacial score (nSPS) is 14.2. The highest BCUT2D eigenvalue weighted by atomic mass is 16.1. The van der Waals surface area contributed by atoms with Gasteiger partial charge in [-0.1, -0.05) is 43.9 Å². The van der Waals surface area contributed by atoms with Crippen LogP contribution in [0, 0.1) is 0 Å². The fraction of sp³-hybridized carbons (Fsp3) is 0.312. The van der Waals surface area contributed by atoms with E-state index in [1.54, 1.807) is 13.0 Å². The van der Waals surface area contributed by atoms with Crippen LogP contribution in [-0.4, -0.2) is 5.78 Å². The maximum Gasteiger partial charge on any atom is 0.155 e. The minimum atomic E-state index is 0.124. The maximum atomic E-state index is 11.4. The van der Waals surface area contributed by atoms with Gasteiger partial charge in [0.1, 0.15) is 0 Å². The van der Waals surface area contributed by atoms with Gasteiger partial charge in [-0.25, -0.2) is 0 Å². The van der Waals surface area contributed by atoms with Crippen LogP contribution in [0.3, 0.4) is 0 Å². The molecule has 0 N–H and O–H groups in total. The Kier molecular flexibility index (Phi) is 7.70. The van der Waals surface area contributed by atoms with E-state index < -0.39 is 0 Å². The number of hydrogen-bond donors (Lipinski definition) is 0. The van der Waals surface area contributed by atoms with Gasteiger partial charge in [-0.15, -0.1) is 0 Å². The molecule has 0 atom stereocenters. The van der Waals surface area contributed by atoms with Crippen LogP contribution in [0.5, 0.6) is 0 Å². The van der Waals surface area contributed by atoms with E-state index in [4.69, 9.17) is 0 Å². The molecule has 0 aliphatic heterocycles. The zero-order chi connectivity index (χ0) is 13.3. The third kappa shape index (κ3) is 5.30. The Labute approximate surface area is 105 Å². The van der Waals surface area contributed by atoms with Gasteiger partial charge in [0.25, 0.3) is 0 Å². The highest BCUT2D eigenvalue weighted by Crippen LogP contribution is 2.17. The van der Waals surface area contributed by atoms with Crippen molar-refractivity contribution in [1.29, 1.82) is 0 Å². The van der Waals surface area contributed by atoms with E-state index in [2.05, 4.69) is 6.58 Å². The lowest BCUT2D eigenvalue weighted by molar-refractivity contribution is -0.113. The Morgan fingerprint density at radius 3 is 2.24 bits per heavy atom. The molecule has 0 aromatic heterocycles. The van der Waals surface area contributed by atoms with E-state index in [9.17, 15) is 4.79 Å². The van der Waals surface area contributed by atoms with E-state index in [1.165, 1.54) is 0 Å². The Morgan fingerprint density at radius 2 is 1.88 bits per heavy atom. The second-order valence-electron chi connectivity index (χ2n) is 3.68. The van der Waals surface area contributed by atoms with Gasteiger partial charge in [0.15, 0.2) is 5.78 Å². The van der Waals surface area contributed by atoms with Gasteiger partial charge in [0.05, 0.1) is 0 Å². The molecule has 0 aromatic rings. The molecule has 1 nitrogen and oxygen atoms in total. The van der Waals surface area contributed by atoms with Crippen molar-refractivity contribution in [2.24, 2.45) is 0 Å². The summed E-state index contributed by atoms with van der Waals surface area (Å²) in [6.07, 6.45) is 12.4. The highest BCUT2D eigenvalue weighted by Gasteiger charge is 2.04. The van der Waals surface area contributed by atoms with Crippen LogP contribution in [0.15, 0.2) is 59.8 Å². The zero-order valence-corrected chi connectivity index (χ0v) is 11.3. The summed E-state index contributed by atoms with van der Waals surface area (Å²) >= 11 is 0. The molecule has 0 saturated carbocycles. The summed E-state index contributed by atoms with van der Waals surface area (Å²) in [4.78, 5) is 11.4. The number of rotatable bonds is 6. The SMILES string of the molecule is C=C/C=C(/C=C(\CC)C(C)=O)C(\C=C/C)=C/C. The van der Waals surface area contributed by atoms with Crippen molar-refractivity contribution in [3.05, 3.63) is 59.8 Å². The maximum absolute atomic E-state index is 11.4. The van der Waals surface area contributed by atoms with Crippen LogP contribution in [0.4, 0.5) is 0 Å². The van der Waals surface area contributed by atoms with Gasteiger partial charge in [-0.2, -0.15) is 0 Å². The molecule has 0 aromatic carbocycles. The first-order valence-electron chi connectivity index (χ1n) is 5.94. The quantitative estimate of drug-likeness (QED) is 0.483. The third-order valence-electron chi connectivity index (χ3n) is 2.45. The highest BCUT2D eigenvalue weighted by molar-refractivity contribution is 5.93. The molecule has 0 heterocycles. The van der Waals surface area contributed by atoms with Crippen molar-refractivity contribution in [3.63, 3.8) is 0 Å². The molecule has 0 amide bonds. The molecule has 17 heavy (non-hydrogen) atoms. The number of ketones is 1. The average Bonchev–Trinajstić information content (AvgIpc) is 2.31. The van der Waals surface area contributed by atoms with Crippen LogP contribution in [0.2, 0.25) is 0 Å². The lowest BCUT2D eigenvalue weighted by atomic mass is 9.99. The first-order chi connectivity index (χ1) is 8.10. The average molecular weight is 230 g/mol. The Balaban J connectivity index is 5.47. The van der Waals surface area contributed by atoms with Crippen molar-refractivity contribution in [3.8, 4) is 0 Å². The number of hydrogen-bond acceptors (Lipinski definition) is 1. The molecule has 0 bridgehead atoms. The van der Waals surface area contributed by atoms with Gasteiger partial charge >= 0.3 is 0 Å². The molecule has 0 radical (unpaired) electrons. The largest absolute Gasteiger partial charge is 0.295 e. The summed E-state index contributed by atoms with van der Waals surface area (Å²) in [5.41, 5.74) is 2.95. The Morgan fingerprint density at radius 1 is 1.24 bits per heavy atom. The van der Waals surface area contributed by atoms with E-state index in [-0.39, 0.29) is 5.78 Å². The van der Waals surface area contributed by atoms with Crippen molar-refractivity contribution in [2.75, 3.05) is 0 Å². The van der Waals surface area contributed by atoms with Crippen molar-refractivity contribution in [2.45, 2.75) is 34.1 Å². The predicted molar refractivity (Wildman–Crippen MR) is 75.9 cm³/mol. The molecule has 0 unspecified atom stereocenters. The monoisotopic (exact) mass is 230 g/mol. The van der Waals surface area contributed by atoms with Crippen molar-refractivity contribution in [1.82, 2.24) is 0 Å². The summed E-state index contributed by atoms with van der Waals surface area (Å²) in [5.74, 6) is 0.124. The van der Waals surface area contributed by atoms with Crippen LogP contribution >= 0.6 is 0 Å². The Bertz CT molecular complexity index is 390. The summed E-state index contributed by atoms with van der Waals surface area (Å²) in [7, 11) is 0. The molecule has 0 spiro atoms. The second kappa shape index (κ2) is 8.51. The van der Waals surface area contributed by atoms with Crippen molar-refractivity contribution < 1.29 is 4.79 Å². The fourth-order valence-electron chi connectivity index (χ4n) is 1.53. The van der Waals surface area contributed by atoms with Gasteiger partial charge in [-0.05, 0) is 50.0 Å². The van der Waals surface area contributed by atoms with Gasteiger partial charge in [-0.3, -0.25) is 4.79 Å². The third-order valence-corrected chi connectivity index (χ3v) is 2.45. The van der Waals surface area contributed by atoms with Crippen LogP contribution in [0.25, 0.3) is 0 Å². The van der Waals surface area contributed by atoms with Gasteiger partial charge in [0, 0.05) is 0 Å². The molecular formula is C16H22O. The van der Waals surface area contributed by atoms with Crippen LogP contribution < -0.4 is 0 Å². The lowest BCUT2D eigenvalue weighted by Gasteiger charge is -2.05. The van der Waals surface area contributed by atoms with Crippen LogP contribution in [-0.2, 0) is 4.79 Å². The van der Waals surface area contributed by atoms with Crippen molar-refractivity contribution >= 4 is 5.78 Å². The molecule has 1 heteroatoms. The summed E-state index contributed by atoms with van der Waals surface area (Å²) in [6.45, 7) is 11.3. The fourth-order valence-corrected chi connectivity index (χ4v) is 1.53. The van der Waals surface area contributed by atoms with Gasteiger partial charge < -0.3 is 0 Å². The predicted octanol–water partition coefficient (Wildman–Crippen LogP) is 4.55. The van der Waals surface area contributed by atoms with Crippen LogP contribution in [0.1, 0.15) is 34.1 Å². The molecular weight excluding hydrogens is 208 g/mol. The Hall–Kier alpha value is -1.63. The first-order valence-corrected chi connectivity index (χ1v) is 5.94. The minimum absolute atomic E-state index is 0.124. The number of carbonyl (C=O) groups is 1. The smallest absolute Gasteiger partial charge is 0.155 e. The number of Topliss-reactive ketones (excluding diaryl/α,β-unsaturated/α-hetero) is 1. The lowest BCUT2D eigenvalue weighted by Crippen LogP contribution is -1.96. The summed E-state index contributed by atoms with van der Waals surface area (Å²) in [6, 6.07) is 0. The molecule has 0 aliphatic carbocycles. The molecule has 0 aliphatic rings. The molecule has 92 valence electrons. The van der Waals surface area contributed by atoms with E-state index >= 15 is 0 Å². The summed E-state index contributed by atoms with van der Waals surface area (Å²) in [5, 5.41) is 0. The topological polar surface area (TPSA) is 17.1 Å². The van der Waals surface area contributed by atoms with E-state index in [0.717, 1.165) is 23.1 Å². The minimum Gasteiger partial charge on any atom is -0.295 e. The molecule has 0 fully saturated rings. The summed E-state index contributed by atoms with van der Waals surface area (Å²) < 4.78 is 0. The number of allylic oxidation sites excluding steroid dienone is 9. The standard InChI is InChI=1S/C16H22O/c1-6-10-14(8-3)16(11-7-2)12-15(9-4)13(5)17/h6-8,10-12H,2,9H2,1,3-5H3/b10-6-,14-8-,15-12+,16-11-. The molecule has 0 saturated heterocycles. The molecule has 0 rings (SSSR count).